The van der Waals surface area contributed by atoms with Gasteiger partial charge in [0.15, 0.2) is 28.5 Å². The minimum Gasteiger partial charge on any atom is -0.493 e. The number of nitrogens with zero attached hydrogens (tertiary/aromatic N) is 5. The number of ether oxygens (including phenoxy) is 3. The number of aromatic nitrogens is 4. The maximum atomic E-state index is 5.54. The summed E-state index contributed by atoms with van der Waals surface area (Å²) in [5, 5.41) is 7.02. The van der Waals surface area contributed by atoms with E-state index in [1.807, 2.05) is 18.5 Å². The average molecular weight is 532 g/mol. The summed E-state index contributed by atoms with van der Waals surface area (Å²) >= 11 is 0. The Hall–Kier alpha value is -4.05. The number of imidazole rings is 1. The monoisotopic (exact) mass is 531 g/mol. The summed E-state index contributed by atoms with van der Waals surface area (Å²) in [7, 11) is 4.78. The smallest absolute Gasteiger partial charge is 0.227 e. The van der Waals surface area contributed by atoms with E-state index < -0.39 is 0 Å². The molecule has 0 atom stereocenters. The van der Waals surface area contributed by atoms with Gasteiger partial charge in [-0.3, -0.25) is 4.90 Å². The fourth-order valence-electron chi connectivity index (χ4n) is 5.00. The van der Waals surface area contributed by atoms with Crippen LogP contribution in [0, 0.1) is 0 Å². The van der Waals surface area contributed by atoms with E-state index in [0.717, 1.165) is 43.8 Å². The predicted octanol–water partition coefficient (Wildman–Crippen LogP) is 5.25. The SMILES string of the molecule is COc1cc(Nc2nc(NC3CCN(Cc4ccccc4)CC3)nc3c2ncn3C(C)C)cc(OC)c1OC. The number of rotatable bonds is 10. The molecule has 3 heterocycles. The second kappa shape index (κ2) is 11.8. The molecular formula is C29H37N7O3. The summed E-state index contributed by atoms with van der Waals surface area (Å²) in [5.74, 6) is 2.83. The molecule has 0 aliphatic carbocycles. The van der Waals surface area contributed by atoms with Gasteiger partial charge >= 0.3 is 0 Å². The highest BCUT2D eigenvalue weighted by molar-refractivity contribution is 5.87. The Kier molecular flexibility index (Phi) is 8.02. The van der Waals surface area contributed by atoms with Crippen LogP contribution in [0.5, 0.6) is 17.2 Å². The minimum absolute atomic E-state index is 0.202. The van der Waals surface area contributed by atoms with Crippen LogP contribution in [0.15, 0.2) is 48.8 Å². The molecule has 0 radical (unpaired) electrons. The Labute approximate surface area is 229 Å². The van der Waals surface area contributed by atoms with Crippen molar-refractivity contribution >= 4 is 28.6 Å². The van der Waals surface area contributed by atoms with Crippen molar-refractivity contribution in [3.63, 3.8) is 0 Å². The van der Waals surface area contributed by atoms with Gasteiger partial charge in [-0.05, 0) is 32.3 Å². The van der Waals surface area contributed by atoms with Gasteiger partial charge in [-0.25, -0.2) is 4.98 Å². The van der Waals surface area contributed by atoms with Gasteiger partial charge in [0.05, 0.1) is 27.7 Å². The zero-order valence-electron chi connectivity index (χ0n) is 23.3. The van der Waals surface area contributed by atoms with Crippen molar-refractivity contribution in [1.29, 1.82) is 0 Å². The van der Waals surface area contributed by atoms with Crippen LogP contribution in [0.4, 0.5) is 17.5 Å². The van der Waals surface area contributed by atoms with Crippen molar-refractivity contribution in [3.8, 4) is 17.2 Å². The Morgan fingerprint density at radius 3 is 2.26 bits per heavy atom. The Bertz CT molecular complexity index is 1370. The van der Waals surface area contributed by atoms with Gasteiger partial charge in [-0.2, -0.15) is 9.97 Å². The van der Waals surface area contributed by atoms with Gasteiger partial charge in [0.25, 0.3) is 0 Å². The van der Waals surface area contributed by atoms with Crippen LogP contribution in [0.2, 0.25) is 0 Å². The molecule has 2 N–H and O–H groups in total. The van der Waals surface area contributed by atoms with Gasteiger partial charge in [0, 0.05) is 49.5 Å². The van der Waals surface area contributed by atoms with E-state index in [-0.39, 0.29) is 6.04 Å². The lowest BCUT2D eigenvalue weighted by molar-refractivity contribution is 0.211. The van der Waals surface area contributed by atoms with Gasteiger partial charge in [-0.15, -0.1) is 0 Å². The highest BCUT2D eigenvalue weighted by Gasteiger charge is 2.22. The first kappa shape index (κ1) is 26.6. The third-order valence-corrected chi connectivity index (χ3v) is 7.08. The summed E-state index contributed by atoms with van der Waals surface area (Å²) in [6.07, 6.45) is 3.86. The van der Waals surface area contributed by atoms with Crippen molar-refractivity contribution in [3.05, 3.63) is 54.4 Å². The highest BCUT2D eigenvalue weighted by Crippen LogP contribution is 2.41. The molecule has 2 aromatic heterocycles. The molecule has 0 amide bonds. The standard InChI is InChI=1S/C29H37N7O3/c1-19(2)36-18-30-25-27(31-22-15-23(37-3)26(39-5)24(16-22)38-4)33-29(34-28(25)36)32-21-11-13-35(14-12-21)17-20-9-7-6-8-10-20/h6-10,15-16,18-19,21H,11-14,17H2,1-5H3,(H2,31,32,33,34). The van der Waals surface area contributed by atoms with Crippen LogP contribution in [0.25, 0.3) is 11.2 Å². The predicted molar refractivity (Wildman–Crippen MR) is 153 cm³/mol. The fourth-order valence-corrected chi connectivity index (χ4v) is 5.00. The normalized spacial score (nSPS) is 14.5. The lowest BCUT2D eigenvalue weighted by Gasteiger charge is -2.32. The average Bonchev–Trinajstić information content (AvgIpc) is 3.39. The number of nitrogens with one attached hydrogen (secondary N) is 2. The summed E-state index contributed by atoms with van der Waals surface area (Å²) in [6.45, 7) is 7.26. The Morgan fingerprint density at radius 2 is 1.64 bits per heavy atom. The molecule has 1 fully saturated rings. The Balaban J connectivity index is 1.39. The summed E-state index contributed by atoms with van der Waals surface area (Å²) in [5.41, 5.74) is 3.56. The maximum Gasteiger partial charge on any atom is 0.227 e. The van der Waals surface area contributed by atoms with E-state index in [1.165, 1.54) is 5.56 Å². The van der Waals surface area contributed by atoms with Crippen LogP contribution in [-0.4, -0.2) is 64.9 Å². The highest BCUT2D eigenvalue weighted by atomic mass is 16.5. The zero-order valence-corrected chi connectivity index (χ0v) is 23.3. The fraction of sp³-hybridized carbons (Fsp3) is 0.414. The third kappa shape index (κ3) is 5.85. The van der Waals surface area contributed by atoms with Crippen LogP contribution in [0.1, 0.15) is 38.3 Å². The molecule has 0 unspecified atom stereocenters. The number of anilines is 3. The molecule has 1 aliphatic rings. The number of hydrogen-bond acceptors (Lipinski definition) is 9. The molecule has 5 rings (SSSR count). The molecule has 0 bridgehead atoms. The van der Waals surface area contributed by atoms with E-state index in [4.69, 9.17) is 24.2 Å². The molecule has 4 aromatic rings. The number of likely N-dealkylation sites (tertiary alicyclic amines) is 1. The van der Waals surface area contributed by atoms with Crippen LogP contribution in [-0.2, 0) is 6.54 Å². The largest absolute Gasteiger partial charge is 0.493 e. The van der Waals surface area contributed by atoms with Crippen molar-refractivity contribution in [2.24, 2.45) is 0 Å². The number of methoxy groups -OCH3 is 3. The quantitative estimate of drug-likeness (QED) is 0.284. The molecule has 1 saturated heterocycles. The van der Waals surface area contributed by atoms with Crippen LogP contribution >= 0.6 is 0 Å². The lowest BCUT2D eigenvalue weighted by Crippen LogP contribution is -2.39. The van der Waals surface area contributed by atoms with E-state index in [2.05, 4.69) is 69.3 Å². The van der Waals surface area contributed by atoms with E-state index >= 15 is 0 Å². The van der Waals surface area contributed by atoms with E-state index in [1.54, 1.807) is 21.3 Å². The van der Waals surface area contributed by atoms with Gasteiger partial charge < -0.3 is 29.4 Å². The first-order valence-electron chi connectivity index (χ1n) is 13.3. The first-order chi connectivity index (χ1) is 19.0. The molecule has 0 spiro atoms. The molecule has 206 valence electrons. The lowest BCUT2D eigenvalue weighted by atomic mass is 10.0. The summed E-state index contributed by atoms with van der Waals surface area (Å²) in [6, 6.07) is 14.8. The number of hydrogen-bond donors (Lipinski definition) is 2. The van der Waals surface area contributed by atoms with Crippen molar-refractivity contribution in [2.75, 3.05) is 45.1 Å². The maximum absolute atomic E-state index is 5.54. The zero-order chi connectivity index (χ0) is 27.4. The molecule has 10 heteroatoms. The molecular weight excluding hydrogens is 494 g/mol. The molecule has 39 heavy (non-hydrogen) atoms. The third-order valence-electron chi connectivity index (χ3n) is 7.08. The molecule has 0 saturated carbocycles. The van der Waals surface area contributed by atoms with E-state index in [9.17, 15) is 0 Å². The number of piperidine rings is 1. The summed E-state index contributed by atoms with van der Waals surface area (Å²) < 4.78 is 18.6. The van der Waals surface area contributed by atoms with Crippen molar-refractivity contribution < 1.29 is 14.2 Å². The second-order valence-corrected chi connectivity index (χ2v) is 10.0. The van der Waals surface area contributed by atoms with E-state index in [0.29, 0.717) is 40.6 Å². The minimum atomic E-state index is 0.202. The number of fused-ring (bicyclic) bond motifs is 1. The van der Waals surface area contributed by atoms with Crippen molar-refractivity contribution in [1.82, 2.24) is 24.4 Å². The first-order valence-corrected chi connectivity index (χ1v) is 13.3. The summed E-state index contributed by atoms with van der Waals surface area (Å²) in [4.78, 5) is 16.9. The van der Waals surface area contributed by atoms with Crippen LogP contribution in [0.3, 0.4) is 0 Å². The Morgan fingerprint density at radius 1 is 0.949 bits per heavy atom. The number of benzene rings is 2. The van der Waals surface area contributed by atoms with Crippen molar-refractivity contribution in [2.45, 2.75) is 45.3 Å². The molecule has 1 aliphatic heterocycles. The van der Waals surface area contributed by atoms with Gasteiger partial charge in [-0.1, -0.05) is 30.3 Å². The van der Waals surface area contributed by atoms with Gasteiger partial charge in [0.2, 0.25) is 11.7 Å². The van der Waals surface area contributed by atoms with Crippen LogP contribution < -0.4 is 24.8 Å². The van der Waals surface area contributed by atoms with Gasteiger partial charge in [0.1, 0.15) is 0 Å². The second-order valence-electron chi connectivity index (χ2n) is 10.0. The molecule has 10 nitrogen and oxygen atoms in total. The molecule has 2 aromatic carbocycles. The topological polar surface area (TPSA) is 98.6 Å².